The average Bonchev–Trinajstić information content (AvgIpc) is 2.34. The summed E-state index contributed by atoms with van der Waals surface area (Å²) in [4.78, 5) is 0. The first kappa shape index (κ1) is 15.9. The fraction of sp³-hybridized carbons (Fsp3) is 0.500. The number of hydrogen-bond donors (Lipinski definition) is 1. The fourth-order valence-corrected chi connectivity index (χ4v) is 1.78. The molecule has 1 aromatic rings. The molecule has 0 spiro atoms. The lowest BCUT2D eigenvalue weighted by Gasteiger charge is -2.25. The summed E-state index contributed by atoms with van der Waals surface area (Å²) >= 11 is 0. The predicted molar refractivity (Wildman–Crippen MR) is 61.0 cm³/mol. The number of halogens is 4. The van der Waals surface area contributed by atoms with Crippen LogP contribution in [0.2, 0.25) is 0 Å². The van der Waals surface area contributed by atoms with Gasteiger partial charge in [-0.2, -0.15) is 13.2 Å². The van der Waals surface area contributed by atoms with Gasteiger partial charge in [0.1, 0.15) is 5.82 Å². The molecule has 0 aliphatic heterocycles. The van der Waals surface area contributed by atoms with Gasteiger partial charge in [-0.05, 0) is 24.7 Å². The van der Waals surface area contributed by atoms with Gasteiger partial charge in [0.2, 0.25) is 0 Å². The summed E-state index contributed by atoms with van der Waals surface area (Å²) in [7, 11) is 4.35. The second kappa shape index (κ2) is 6.31. The molecular formula is C12H15F4NO2. The largest absolute Gasteiger partial charge is 0.419 e. The highest BCUT2D eigenvalue weighted by Crippen LogP contribution is 2.33. The molecule has 0 fully saturated rings. The van der Waals surface area contributed by atoms with Crippen LogP contribution in [0.4, 0.5) is 17.6 Å². The van der Waals surface area contributed by atoms with Gasteiger partial charge in [0.15, 0.2) is 6.29 Å². The number of hydrogen-bond acceptors (Lipinski definition) is 3. The molecule has 0 bridgehead atoms. The van der Waals surface area contributed by atoms with Gasteiger partial charge in [-0.1, -0.05) is 6.07 Å². The van der Waals surface area contributed by atoms with E-state index in [0.29, 0.717) is 11.6 Å². The Bertz CT molecular complexity index is 419. The van der Waals surface area contributed by atoms with E-state index in [0.717, 1.165) is 6.07 Å². The highest BCUT2D eigenvalue weighted by Gasteiger charge is 2.34. The van der Waals surface area contributed by atoms with E-state index in [1.165, 1.54) is 20.3 Å². The van der Waals surface area contributed by atoms with E-state index in [1.807, 2.05) is 0 Å². The van der Waals surface area contributed by atoms with Crippen molar-refractivity contribution in [3.05, 3.63) is 35.1 Å². The van der Waals surface area contributed by atoms with Crippen LogP contribution in [0.5, 0.6) is 0 Å². The minimum Gasteiger partial charge on any atom is -0.354 e. The molecule has 0 radical (unpaired) electrons. The smallest absolute Gasteiger partial charge is 0.354 e. The maximum absolute atomic E-state index is 13.5. The summed E-state index contributed by atoms with van der Waals surface area (Å²) in [5, 5.41) is 2.81. The molecule has 7 heteroatoms. The van der Waals surface area contributed by atoms with E-state index < -0.39 is 29.9 Å². The zero-order chi connectivity index (χ0) is 14.6. The molecule has 1 unspecified atom stereocenters. The quantitative estimate of drug-likeness (QED) is 0.665. The Kier molecular flexibility index (Phi) is 5.28. The molecule has 0 saturated heterocycles. The maximum Gasteiger partial charge on any atom is 0.419 e. The summed E-state index contributed by atoms with van der Waals surface area (Å²) in [6.45, 7) is 0. The lowest BCUT2D eigenvalue weighted by Crippen LogP contribution is -2.32. The number of alkyl halides is 3. The SMILES string of the molecule is CNC(c1ccc(C(F)(F)F)c(F)c1)C(OC)OC. The van der Waals surface area contributed by atoms with Crippen molar-refractivity contribution in [3.63, 3.8) is 0 Å². The zero-order valence-corrected chi connectivity index (χ0v) is 10.7. The Morgan fingerprint density at radius 3 is 2.11 bits per heavy atom. The monoisotopic (exact) mass is 281 g/mol. The Labute approximate surface area is 108 Å². The summed E-state index contributed by atoms with van der Waals surface area (Å²) < 4.78 is 60.9. The molecule has 0 aromatic heterocycles. The van der Waals surface area contributed by atoms with Gasteiger partial charge in [0, 0.05) is 14.2 Å². The number of nitrogens with one attached hydrogen (secondary N) is 1. The van der Waals surface area contributed by atoms with E-state index in [2.05, 4.69) is 5.32 Å². The molecule has 3 nitrogen and oxygen atoms in total. The van der Waals surface area contributed by atoms with Crippen molar-refractivity contribution in [2.75, 3.05) is 21.3 Å². The number of likely N-dealkylation sites (N-methyl/N-ethyl adjacent to an activating group) is 1. The van der Waals surface area contributed by atoms with E-state index in [-0.39, 0.29) is 0 Å². The lowest BCUT2D eigenvalue weighted by atomic mass is 10.0. The molecule has 0 heterocycles. The van der Waals surface area contributed by atoms with Gasteiger partial charge in [-0.15, -0.1) is 0 Å². The van der Waals surface area contributed by atoms with Gasteiger partial charge in [-0.25, -0.2) is 4.39 Å². The second-order valence-corrected chi connectivity index (χ2v) is 3.84. The van der Waals surface area contributed by atoms with E-state index >= 15 is 0 Å². The highest BCUT2D eigenvalue weighted by atomic mass is 19.4. The Morgan fingerprint density at radius 1 is 1.16 bits per heavy atom. The summed E-state index contributed by atoms with van der Waals surface area (Å²) in [6.07, 6.45) is -5.44. The number of methoxy groups -OCH3 is 2. The van der Waals surface area contributed by atoms with Crippen molar-refractivity contribution in [1.29, 1.82) is 0 Å². The molecule has 0 aliphatic rings. The zero-order valence-electron chi connectivity index (χ0n) is 10.7. The van der Waals surface area contributed by atoms with Crippen molar-refractivity contribution >= 4 is 0 Å². The molecule has 108 valence electrons. The van der Waals surface area contributed by atoms with Crippen molar-refractivity contribution in [2.24, 2.45) is 0 Å². The van der Waals surface area contributed by atoms with Gasteiger partial charge in [-0.3, -0.25) is 0 Å². The molecule has 1 rings (SSSR count). The third-order valence-electron chi connectivity index (χ3n) is 2.71. The molecule has 0 amide bonds. The summed E-state index contributed by atoms with van der Waals surface area (Å²) in [5.74, 6) is -1.32. The van der Waals surface area contributed by atoms with Crippen molar-refractivity contribution in [2.45, 2.75) is 18.5 Å². The molecular weight excluding hydrogens is 266 g/mol. The molecule has 0 aliphatic carbocycles. The first-order valence-corrected chi connectivity index (χ1v) is 5.44. The first-order valence-electron chi connectivity index (χ1n) is 5.44. The van der Waals surface area contributed by atoms with Crippen LogP contribution in [-0.4, -0.2) is 27.6 Å². The second-order valence-electron chi connectivity index (χ2n) is 3.84. The molecule has 1 N–H and O–H groups in total. The minimum absolute atomic E-state index is 0.307. The van der Waals surface area contributed by atoms with Crippen LogP contribution in [0.25, 0.3) is 0 Å². The van der Waals surface area contributed by atoms with Gasteiger partial charge >= 0.3 is 6.18 Å². The lowest BCUT2D eigenvalue weighted by molar-refractivity contribution is -0.140. The van der Waals surface area contributed by atoms with Gasteiger partial charge in [0.25, 0.3) is 0 Å². The van der Waals surface area contributed by atoms with Crippen LogP contribution in [-0.2, 0) is 15.7 Å². The van der Waals surface area contributed by atoms with Crippen molar-refractivity contribution in [3.8, 4) is 0 Å². The third kappa shape index (κ3) is 3.65. The van der Waals surface area contributed by atoms with Crippen molar-refractivity contribution in [1.82, 2.24) is 5.32 Å². The Hall–Kier alpha value is -1.18. The topological polar surface area (TPSA) is 30.5 Å². The van der Waals surface area contributed by atoms with Crippen LogP contribution in [0, 0.1) is 5.82 Å². The summed E-state index contributed by atoms with van der Waals surface area (Å²) in [5.41, 5.74) is -0.987. The van der Waals surface area contributed by atoms with E-state index in [4.69, 9.17) is 9.47 Å². The van der Waals surface area contributed by atoms with Crippen LogP contribution < -0.4 is 5.32 Å². The number of benzene rings is 1. The minimum atomic E-state index is -4.71. The van der Waals surface area contributed by atoms with Crippen LogP contribution in [0.15, 0.2) is 18.2 Å². The first-order chi connectivity index (χ1) is 8.85. The fourth-order valence-electron chi connectivity index (χ4n) is 1.78. The van der Waals surface area contributed by atoms with Gasteiger partial charge < -0.3 is 14.8 Å². The average molecular weight is 281 g/mol. The third-order valence-corrected chi connectivity index (χ3v) is 2.71. The molecule has 19 heavy (non-hydrogen) atoms. The van der Waals surface area contributed by atoms with Crippen molar-refractivity contribution < 1.29 is 27.0 Å². The Balaban J connectivity index is 3.11. The predicted octanol–water partition coefficient (Wildman–Crippen LogP) is 2.72. The normalized spacial score (nSPS) is 13.9. The molecule has 1 atom stereocenters. The molecule has 0 saturated carbocycles. The number of rotatable bonds is 5. The van der Waals surface area contributed by atoms with E-state index in [9.17, 15) is 17.6 Å². The van der Waals surface area contributed by atoms with E-state index in [1.54, 1.807) is 7.05 Å². The van der Waals surface area contributed by atoms with Crippen LogP contribution in [0.3, 0.4) is 0 Å². The summed E-state index contributed by atoms with van der Waals surface area (Å²) in [6, 6.07) is 2.15. The number of ether oxygens (including phenoxy) is 2. The maximum atomic E-state index is 13.5. The van der Waals surface area contributed by atoms with Crippen LogP contribution in [0.1, 0.15) is 17.2 Å². The van der Waals surface area contributed by atoms with Crippen LogP contribution >= 0.6 is 0 Å². The van der Waals surface area contributed by atoms with Gasteiger partial charge in [0.05, 0.1) is 11.6 Å². The molecule has 1 aromatic carbocycles. The highest BCUT2D eigenvalue weighted by molar-refractivity contribution is 5.29. The standard InChI is InChI=1S/C12H15F4NO2/c1-17-10(11(18-2)19-3)7-4-5-8(9(13)6-7)12(14,15)16/h4-6,10-11,17H,1-3H3. The Morgan fingerprint density at radius 2 is 1.74 bits per heavy atom.